The van der Waals surface area contributed by atoms with E-state index in [1.165, 1.54) is 16.6 Å². The fraction of sp³-hybridized carbons (Fsp3) is 0.250. The van der Waals surface area contributed by atoms with Crippen molar-refractivity contribution in [3.63, 3.8) is 0 Å². The maximum Gasteiger partial charge on any atom is 0.300 e. The summed E-state index contributed by atoms with van der Waals surface area (Å²) in [6.45, 7) is 2.02. The Labute approximate surface area is 156 Å². The molecule has 0 fully saturated rings. The number of fused-ring (bicyclic) bond motifs is 3. The van der Waals surface area contributed by atoms with Crippen molar-refractivity contribution in [2.24, 2.45) is 0 Å². The summed E-state index contributed by atoms with van der Waals surface area (Å²) in [5.41, 5.74) is 4.83. The lowest BCUT2D eigenvalue weighted by molar-refractivity contribution is -0.134. The van der Waals surface area contributed by atoms with Crippen LogP contribution in [-0.2, 0) is 11.2 Å². The summed E-state index contributed by atoms with van der Waals surface area (Å²) >= 11 is 6.40. The zero-order chi connectivity index (χ0) is 18.7. The molecular formula is C20H21ClN2O3. The Hall–Kier alpha value is -2.50. The third-order valence-corrected chi connectivity index (χ3v) is 4.72. The number of aliphatic carboxylic acids is 1. The Kier molecular flexibility index (Phi) is 5.49. The van der Waals surface area contributed by atoms with Crippen molar-refractivity contribution in [1.82, 2.24) is 10.3 Å². The van der Waals surface area contributed by atoms with Crippen LogP contribution in [0.15, 0.2) is 42.5 Å². The van der Waals surface area contributed by atoms with Crippen LogP contribution < -0.4 is 10.1 Å². The van der Waals surface area contributed by atoms with Crippen molar-refractivity contribution in [2.45, 2.75) is 19.4 Å². The van der Waals surface area contributed by atoms with Crippen LogP contribution in [0.5, 0.6) is 5.75 Å². The normalized spacial score (nSPS) is 15.7. The maximum atomic E-state index is 9.00. The van der Waals surface area contributed by atoms with E-state index >= 15 is 0 Å². The summed E-state index contributed by atoms with van der Waals surface area (Å²) in [7, 11) is 1.70. The highest BCUT2D eigenvalue weighted by Gasteiger charge is 2.26. The van der Waals surface area contributed by atoms with Gasteiger partial charge in [0.1, 0.15) is 5.75 Å². The average Bonchev–Trinajstić information content (AvgIpc) is 2.99. The number of hydrogen-bond acceptors (Lipinski definition) is 3. The zero-order valence-electron chi connectivity index (χ0n) is 14.7. The maximum absolute atomic E-state index is 9.00. The van der Waals surface area contributed by atoms with E-state index in [1.54, 1.807) is 7.11 Å². The van der Waals surface area contributed by atoms with Crippen LogP contribution in [0.25, 0.3) is 10.9 Å². The summed E-state index contributed by atoms with van der Waals surface area (Å²) in [5, 5.41) is 13.0. The highest BCUT2D eigenvalue weighted by atomic mass is 35.5. The molecule has 136 valence electrons. The van der Waals surface area contributed by atoms with Gasteiger partial charge in [-0.25, -0.2) is 0 Å². The number of nitrogens with one attached hydrogen (secondary N) is 2. The van der Waals surface area contributed by atoms with Gasteiger partial charge in [0.15, 0.2) is 0 Å². The Morgan fingerprint density at radius 3 is 2.69 bits per heavy atom. The molecular weight excluding hydrogens is 352 g/mol. The number of hydrogen-bond donors (Lipinski definition) is 3. The van der Waals surface area contributed by atoms with Crippen molar-refractivity contribution in [1.29, 1.82) is 0 Å². The molecule has 26 heavy (non-hydrogen) atoms. The van der Waals surface area contributed by atoms with Gasteiger partial charge in [0.05, 0.1) is 13.2 Å². The summed E-state index contributed by atoms with van der Waals surface area (Å²) in [4.78, 5) is 12.6. The summed E-state index contributed by atoms with van der Waals surface area (Å²) in [6.07, 6.45) is 1.00. The minimum absolute atomic E-state index is 0.107. The largest absolute Gasteiger partial charge is 0.497 e. The lowest BCUT2D eigenvalue weighted by Gasteiger charge is -2.25. The van der Waals surface area contributed by atoms with Gasteiger partial charge in [-0.2, -0.15) is 0 Å². The number of carboxylic acid groups (broad SMARTS) is 1. The average molecular weight is 373 g/mol. The Balaban J connectivity index is 0.000000447. The van der Waals surface area contributed by atoms with Crippen LogP contribution in [0.1, 0.15) is 29.8 Å². The van der Waals surface area contributed by atoms with E-state index < -0.39 is 5.97 Å². The molecule has 5 nitrogen and oxygen atoms in total. The molecule has 1 aromatic heterocycles. The fourth-order valence-electron chi connectivity index (χ4n) is 3.31. The molecule has 2 aromatic carbocycles. The fourth-order valence-corrected chi connectivity index (χ4v) is 3.55. The second-order valence-electron chi connectivity index (χ2n) is 6.11. The van der Waals surface area contributed by atoms with Gasteiger partial charge in [0.25, 0.3) is 5.97 Å². The second-order valence-corrected chi connectivity index (χ2v) is 6.51. The number of H-pyrrole nitrogens is 1. The third kappa shape index (κ3) is 3.69. The van der Waals surface area contributed by atoms with Gasteiger partial charge in [-0.15, -0.1) is 0 Å². The van der Waals surface area contributed by atoms with Crippen LogP contribution in [-0.4, -0.2) is 29.7 Å². The van der Waals surface area contributed by atoms with Crippen LogP contribution >= 0.6 is 11.6 Å². The van der Waals surface area contributed by atoms with E-state index in [9.17, 15) is 0 Å². The van der Waals surface area contributed by atoms with E-state index in [-0.39, 0.29) is 6.04 Å². The van der Waals surface area contributed by atoms with Gasteiger partial charge in [0.2, 0.25) is 0 Å². The molecule has 0 saturated carbocycles. The first-order valence-electron chi connectivity index (χ1n) is 8.37. The molecule has 1 aliphatic heterocycles. The molecule has 0 spiro atoms. The Morgan fingerprint density at radius 2 is 2.00 bits per heavy atom. The Morgan fingerprint density at radius 1 is 1.27 bits per heavy atom. The van der Waals surface area contributed by atoms with Crippen LogP contribution in [0, 0.1) is 0 Å². The predicted octanol–water partition coefficient (Wildman–Crippen LogP) is 4.16. The molecule has 1 atom stereocenters. The first kappa shape index (κ1) is 18.3. The van der Waals surface area contributed by atoms with Gasteiger partial charge in [0, 0.05) is 35.1 Å². The van der Waals surface area contributed by atoms with Gasteiger partial charge >= 0.3 is 0 Å². The number of methoxy groups -OCH3 is 1. The van der Waals surface area contributed by atoms with E-state index in [4.69, 9.17) is 26.2 Å². The van der Waals surface area contributed by atoms with Crippen molar-refractivity contribution < 1.29 is 14.6 Å². The number of carbonyl (C=O) groups is 1. The molecule has 6 heteroatoms. The molecule has 3 N–H and O–H groups in total. The summed E-state index contributed by atoms with van der Waals surface area (Å²) < 4.78 is 5.36. The van der Waals surface area contributed by atoms with Crippen molar-refractivity contribution in [3.05, 3.63) is 64.3 Å². The monoisotopic (exact) mass is 372 g/mol. The molecule has 0 amide bonds. The third-order valence-electron chi connectivity index (χ3n) is 4.37. The molecule has 2 heterocycles. The lowest BCUT2D eigenvalue weighted by Crippen LogP contribution is -2.30. The number of aromatic amines is 1. The molecule has 4 rings (SSSR count). The lowest BCUT2D eigenvalue weighted by atomic mass is 9.94. The number of halogens is 1. The van der Waals surface area contributed by atoms with E-state index in [2.05, 4.69) is 28.5 Å². The van der Waals surface area contributed by atoms with E-state index in [0.29, 0.717) is 0 Å². The number of aromatic nitrogens is 1. The van der Waals surface area contributed by atoms with Crippen LogP contribution in [0.3, 0.4) is 0 Å². The molecule has 0 radical (unpaired) electrons. The number of rotatable bonds is 2. The molecule has 0 aliphatic carbocycles. The highest BCUT2D eigenvalue weighted by molar-refractivity contribution is 6.31. The van der Waals surface area contributed by atoms with Gasteiger partial charge in [-0.05, 0) is 41.8 Å². The van der Waals surface area contributed by atoms with Gasteiger partial charge in [-0.1, -0.05) is 29.8 Å². The quantitative estimate of drug-likeness (QED) is 0.631. The number of benzene rings is 2. The summed E-state index contributed by atoms with van der Waals surface area (Å²) in [5.74, 6) is 0.0575. The topological polar surface area (TPSA) is 74.3 Å². The molecule has 0 bridgehead atoms. The molecule has 1 unspecified atom stereocenters. The molecule has 1 aliphatic rings. The van der Waals surface area contributed by atoms with E-state index in [1.807, 2.05) is 24.3 Å². The van der Waals surface area contributed by atoms with Gasteiger partial charge in [-0.3, -0.25) is 4.79 Å². The van der Waals surface area contributed by atoms with Crippen molar-refractivity contribution in [3.8, 4) is 5.75 Å². The van der Waals surface area contributed by atoms with Crippen molar-refractivity contribution >= 4 is 28.5 Å². The highest BCUT2D eigenvalue weighted by Crippen LogP contribution is 2.36. The van der Waals surface area contributed by atoms with E-state index in [0.717, 1.165) is 41.7 Å². The molecule has 0 saturated heterocycles. The standard InChI is InChI=1S/C18H17ClN2O.C2H4O2/c1-22-11-6-7-16-14(10-11)12-8-9-20-17(18(12)21-16)13-4-2-3-5-15(13)19;1-2(3)4/h2-7,10,17,20-21H,8-9H2,1H3;1H3,(H,3,4). The van der Waals surface area contributed by atoms with Gasteiger partial charge < -0.3 is 20.1 Å². The molecule has 3 aromatic rings. The first-order chi connectivity index (χ1) is 12.5. The Bertz CT molecular complexity index is 932. The van der Waals surface area contributed by atoms with Crippen LogP contribution in [0.4, 0.5) is 0 Å². The second kappa shape index (κ2) is 7.81. The number of carboxylic acids is 1. The number of ether oxygens (including phenoxy) is 1. The minimum atomic E-state index is -0.833. The smallest absolute Gasteiger partial charge is 0.300 e. The first-order valence-corrected chi connectivity index (χ1v) is 8.75. The zero-order valence-corrected chi connectivity index (χ0v) is 15.4. The SMILES string of the molecule is CC(=O)O.COc1ccc2[nH]c3c(c2c1)CCNC3c1ccccc1Cl. The van der Waals surface area contributed by atoms with Crippen LogP contribution in [0.2, 0.25) is 5.02 Å². The summed E-state index contributed by atoms with van der Waals surface area (Å²) in [6, 6.07) is 14.3. The minimum Gasteiger partial charge on any atom is -0.497 e. The van der Waals surface area contributed by atoms with Crippen molar-refractivity contribution in [2.75, 3.05) is 13.7 Å². The predicted molar refractivity (Wildman–Crippen MR) is 103 cm³/mol.